The molecule has 8 rings (SSSR count). The molecule has 0 aliphatic carbocycles. The number of hydrogen-bond donors (Lipinski definition) is 0. The van der Waals surface area contributed by atoms with Crippen LogP contribution >= 0.6 is 31.9 Å². The zero-order chi connectivity index (χ0) is 33.9. The van der Waals surface area contributed by atoms with Gasteiger partial charge in [0, 0.05) is 68.4 Å². The van der Waals surface area contributed by atoms with E-state index in [1.807, 2.05) is 78.9 Å². The molecule has 0 fully saturated rings. The topological polar surface area (TPSA) is 103 Å². The highest BCUT2D eigenvalue weighted by molar-refractivity contribution is 9.11. The van der Waals surface area contributed by atoms with Crippen LogP contribution in [0, 0.1) is 0 Å². The van der Waals surface area contributed by atoms with Gasteiger partial charge in [0.25, 0.3) is 0 Å². The minimum absolute atomic E-state index is 0.512. The lowest BCUT2D eigenvalue weighted by Gasteiger charge is -2.14. The van der Waals surface area contributed by atoms with E-state index in [2.05, 4.69) is 82.1 Å². The quantitative estimate of drug-likeness (QED) is 0.158. The molecule has 10 heteroatoms. The lowest BCUT2D eigenvalue weighted by molar-refractivity contribution is 1.14. The first kappa shape index (κ1) is 31.4. The highest BCUT2D eigenvalue weighted by Gasteiger charge is 2.17. The molecule has 0 aliphatic heterocycles. The molecule has 0 bridgehead atoms. The Balaban J connectivity index is 1.38. The summed E-state index contributed by atoms with van der Waals surface area (Å²) in [7, 11) is 0. The van der Waals surface area contributed by atoms with Gasteiger partial charge in [-0.2, -0.15) is 0 Å². The van der Waals surface area contributed by atoms with Crippen molar-refractivity contribution in [3.05, 3.63) is 155 Å². The maximum atomic E-state index is 5.07. The second-order valence-electron chi connectivity index (χ2n) is 11.3. The molecule has 238 valence electrons. The molecule has 6 aromatic heterocycles. The van der Waals surface area contributed by atoms with Crippen molar-refractivity contribution in [3.63, 3.8) is 0 Å². The standard InChI is InChI=1S/C40H24Br2N8/c41-31-18-28(19-32(42)20-31)27-15-29(37-21-35(25-7-5-11-43-23-25)47-39(49-37)33-9-1-3-13-45-33)17-30(16-27)38-22-36(26-8-6-12-44-24-26)48-40(50-38)34-10-2-4-14-46-34/h1-24H. The molecule has 8 aromatic rings. The largest absolute Gasteiger partial charge is 0.264 e. The molecule has 0 N–H and O–H groups in total. The van der Waals surface area contributed by atoms with Crippen molar-refractivity contribution in [3.8, 4) is 79.2 Å². The van der Waals surface area contributed by atoms with Gasteiger partial charge >= 0.3 is 0 Å². The van der Waals surface area contributed by atoms with E-state index in [0.29, 0.717) is 23.0 Å². The Bertz CT molecular complexity index is 2170. The fraction of sp³-hybridized carbons (Fsp3) is 0. The van der Waals surface area contributed by atoms with E-state index < -0.39 is 0 Å². The summed E-state index contributed by atoms with van der Waals surface area (Å²) in [6, 6.07) is 35.8. The third-order valence-corrected chi connectivity index (χ3v) is 8.79. The molecule has 0 aliphatic rings. The maximum Gasteiger partial charge on any atom is 0.179 e. The number of hydrogen-bond acceptors (Lipinski definition) is 8. The SMILES string of the molecule is Brc1cc(Br)cc(-c2cc(-c3cc(-c4cccnc4)nc(-c4ccccn4)n3)cc(-c3cc(-c4cccnc4)nc(-c4ccccn4)n3)c2)c1. The van der Waals surface area contributed by atoms with Crippen molar-refractivity contribution >= 4 is 31.9 Å². The fourth-order valence-electron chi connectivity index (χ4n) is 5.54. The van der Waals surface area contributed by atoms with Crippen LogP contribution in [0.3, 0.4) is 0 Å². The van der Waals surface area contributed by atoms with E-state index in [4.69, 9.17) is 19.9 Å². The minimum Gasteiger partial charge on any atom is -0.264 e. The number of benzene rings is 2. The van der Waals surface area contributed by atoms with Crippen LogP contribution in [0.5, 0.6) is 0 Å². The van der Waals surface area contributed by atoms with E-state index in [-0.39, 0.29) is 0 Å². The second kappa shape index (κ2) is 13.9. The van der Waals surface area contributed by atoms with Gasteiger partial charge in [0.05, 0.1) is 22.8 Å². The summed E-state index contributed by atoms with van der Waals surface area (Å²) in [5, 5.41) is 0. The minimum atomic E-state index is 0.512. The third kappa shape index (κ3) is 6.84. The van der Waals surface area contributed by atoms with Crippen LogP contribution in [0.25, 0.3) is 79.2 Å². The van der Waals surface area contributed by atoms with Crippen molar-refractivity contribution in [2.75, 3.05) is 0 Å². The van der Waals surface area contributed by atoms with Crippen LogP contribution in [0.1, 0.15) is 0 Å². The Morgan fingerprint density at radius 2 is 0.780 bits per heavy atom. The Hall–Kier alpha value is -5.84. The van der Waals surface area contributed by atoms with Gasteiger partial charge in [-0.3, -0.25) is 19.9 Å². The Kier molecular flexibility index (Phi) is 8.77. The first-order valence-corrected chi connectivity index (χ1v) is 17.2. The molecule has 0 amide bonds. The molecular weight excluding hydrogens is 752 g/mol. The van der Waals surface area contributed by atoms with Crippen LogP contribution in [0.2, 0.25) is 0 Å². The van der Waals surface area contributed by atoms with Gasteiger partial charge in [-0.05, 0) is 108 Å². The predicted octanol–water partition coefficient (Wildman–Crippen LogP) is 10.0. The summed E-state index contributed by atoms with van der Waals surface area (Å²) in [6.45, 7) is 0. The van der Waals surface area contributed by atoms with Crippen molar-refractivity contribution in [1.82, 2.24) is 39.9 Å². The molecule has 2 aromatic carbocycles. The molecule has 0 saturated heterocycles. The summed E-state index contributed by atoms with van der Waals surface area (Å²) in [5.74, 6) is 1.02. The van der Waals surface area contributed by atoms with Gasteiger partial charge in [-0.1, -0.05) is 44.0 Å². The average molecular weight is 776 g/mol. The summed E-state index contributed by atoms with van der Waals surface area (Å²) < 4.78 is 1.90. The summed E-state index contributed by atoms with van der Waals surface area (Å²) in [6.07, 6.45) is 10.6. The zero-order valence-electron chi connectivity index (χ0n) is 26.2. The predicted molar refractivity (Wildman–Crippen MR) is 202 cm³/mol. The molecule has 8 nitrogen and oxygen atoms in total. The summed E-state index contributed by atoms with van der Waals surface area (Å²) in [5.41, 5.74) is 9.74. The third-order valence-electron chi connectivity index (χ3n) is 7.88. The van der Waals surface area contributed by atoms with Gasteiger partial charge in [0.2, 0.25) is 0 Å². The van der Waals surface area contributed by atoms with Gasteiger partial charge in [0.1, 0.15) is 11.4 Å². The van der Waals surface area contributed by atoms with Crippen LogP contribution in [-0.2, 0) is 0 Å². The molecule has 0 saturated carbocycles. The van der Waals surface area contributed by atoms with E-state index >= 15 is 0 Å². The van der Waals surface area contributed by atoms with Gasteiger partial charge in [-0.15, -0.1) is 0 Å². The fourth-order valence-corrected chi connectivity index (χ4v) is 6.84. The van der Waals surface area contributed by atoms with Crippen LogP contribution in [0.15, 0.2) is 155 Å². The number of nitrogens with zero attached hydrogens (tertiary/aromatic N) is 8. The summed E-state index contributed by atoms with van der Waals surface area (Å²) in [4.78, 5) is 37.8. The second-order valence-corrected chi connectivity index (χ2v) is 13.1. The van der Waals surface area contributed by atoms with Crippen molar-refractivity contribution < 1.29 is 0 Å². The molecule has 50 heavy (non-hydrogen) atoms. The molecule has 0 atom stereocenters. The maximum absolute atomic E-state index is 5.07. The van der Waals surface area contributed by atoms with Crippen LogP contribution < -0.4 is 0 Å². The molecule has 6 heterocycles. The van der Waals surface area contributed by atoms with Gasteiger partial charge in [-0.25, -0.2) is 19.9 Å². The van der Waals surface area contributed by atoms with E-state index in [9.17, 15) is 0 Å². The molecule has 0 radical (unpaired) electrons. The Morgan fingerprint density at radius 1 is 0.340 bits per heavy atom. The van der Waals surface area contributed by atoms with E-state index in [1.54, 1.807) is 37.2 Å². The molecule has 0 spiro atoms. The van der Waals surface area contributed by atoms with Gasteiger partial charge in [0.15, 0.2) is 11.6 Å². The van der Waals surface area contributed by atoms with Crippen LogP contribution in [-0.4, -0.2) is 39.9 Å². The lowest BCUT2D eigenvalue weighted by Crippen LogP contribution is -1.99. The first-order chi connectivity index (χ1) is 24.6. The Labute approximate surface area is 304 Å². The normalized spacial score (nSPS) is 11.0. The summed E-state index contributed by atoms with van der Waals surface area (Å²) >= 11 is 7.36. The average Bonchev–Trinajstić information content (AvgIpc) is 3.18. The number of pyridine rings is 4. The highest BCUT2D eigenvalue weighted by atomic mass is 79.9. The van der Waals surface area contributed by atoms with Crippen molar-refractivity contribution in [2.24, 2.45) is 0 Å². The van der Waals surface area contributed by atoms with E-state index in [1.165, 1.54) is 0 Å². The number of aromatic nitrogens is 8. The van der Waals surface area contributed by atoms with E-state index in [0.717, 1.165) is 65.1 Å². The monoisotopic (exact) mass is 774 g/mol. The number of rotatable bonds is 7. The highest BCUT2D eigenvalue weighted by Crippen LogP contribution is 2.37. The van der Waals surface area contributed by atoms with Crippen molar-refractivity contribution in [1.29, 1.82) is 0 Å². The Morgan fingerprint density at radius 3 is 1.20 bits per heavy atom. The smallest absolute Gasteiger partial charge is 0.179 e. The zero-order valence-corrected chi connectivity index (χ0v) is 29.4. The first-order valence-electron chi connectivity index (χ1n) is 15.6. The van der Waals surface area contributed by atoms with Crippen molar-refractivity contribution in [2.45, 2.75) is 0 Å². The molecular formula is C40H24Br2N8. The number of halogens is 2. The van der Waals surface area contributed by atoms with Gasteiger partial charge < -0.3 is 0 Å². The van der Waals surface area contributed by atoms with Crippen LogP contribution in [0.4, 0.5) is 0 Å². The lowest BCUT2D eigenvalue weighted by atomic mass is 9.96. The molecule has 0 unspecified atom stereocenters.